The van der Waals surface area contributed by atoms with Crippen LogP contribution in [0.25, 0.3) is 11.1 Å². The Morgan fingerprint density at radius 3 is 2.31 bits per heavy atom. The van der Waals surface area contributed by atoms with Crippen LogP contribution in [0.4, 0.5) is 0 Å². The van der Waals surface area contributed by atoms with Gasteiger partial charge in [-0.05, 0) is 73.5 Å². The van der Waals surface area contributed by atoms with Crippen molar-refractivity contribution in [2.75, 3.05) is 0 Å². The van der Waals surface area contributed by atoms with E-state index in [2.05, 4.69) is 99.9 Å². The van der Waals surface area contributed by atoms with E-state index in [1.165, 1.54) is 27.8 Å². The summed E-state index contributed by atoms with van der Waals surface area (Å²) in [5, 5.41) is 0. The van der Waals surface area contributed by atoms with Crippen LogP contribution in [0, 0.1) is 0 Å². The van der Waals surface area contributed by atoms with Gasteiger partial charge in [0.1, 0.15) is 0 Å². The molecule has 2 aromatic carbocycles. The standard InChI is InChI=1S/C31H32BNO2/c1-6-7-8-9-12-19-31(23-14-13-20-33-22-23)27-16-11-10-15-25(27)26-18-17-24(21-28(26)31)32-34-29(2,3)30(4,5)35-32/h6-18,20-22H,1,19H2,2-5H3/b8-7-,12-9-. The summed E-state index contributed by atoms with van der Waals surface area (Å²) in [5.74, 6) is 0. The molecule has 1 aliphatic heterocycles. The molecule has 1 saturated heterocycles. The smallest absolute Gasteiger partial charge is 0.399 e. The third-order valence-electron chi connectivity index (χ3n) is 7.78. The zero-order valence-electron chi connectivity index (χ0n) is 21.0. The van der Waals surface area contributed by atoms with E-state index in [1.54, 1.807) is 6.08 Å². The fourth-order valence-electron chi connectivity index (χ4n) is 5.24. The maximum atomic E-state index is 6.42. The summed E-state index contributed by atoms with van der Waals surface area (Å²) in [6.07, 6.45) is 14.7. The van der Waals surface area contributed by atoms with Gasteiger partial charge in [-0.2, -0.15) is 0 Å². The predicted octanol–water partition coefficient (Wildman–Crippen LogP) is 6.38. The van der Waals surface area contributed by atoms with E-state index in [-0.39, 0.29) is 16.6 Å². The number of fused-ring (bicyclic) bond motifs is 3. The second-order valence-electron chi connectivity index (χ2n) is 10.3. The molecular weight excluding hydrogens is 429 g/mol. The summed E-state index contributed by atoms with van der Waals surface area (Å²) in [5.41, 5.74) is 6.15. The Labute approximate surface area is 209 Å². The second kappa shape index (κ2) is 8.78. The molecule has 176 valence electrons. The number of hydrogen-bond acceptors (Lipinski definition) is 3. The SMILES string of the molecule is C=C/C=C\C=C/CC1(c2cccnc2)c2ccccc2-c2ccc(B3OC(C)(C)C(C)(C)O3)cc21. The summed E-state index contributed by atoms with van der Waals surface area (Å²) >= 11 is 0. The van der Waals surface area contributed by atoms with Gasteiger partial charge in [0.15, 0.2) is 0 Å². The van der Waals surface area contributed by atoms with Crippen LogP contribution in [-0.2, 0) is 14.7 Å². The van der Waals surface area contributed by atoms with Crippen molar-refractivity contribution in [1.82, 2.24) is 4.98 Å². The fourth-order valence-corrected chi connectivity index (χ4v) is 5.24. The predicted molar refractivity (Wildman–Crippen MR) is 145 cm³/mol. The van der Waals surface area contributed by atoms with Crippen LogP contribution in [-0.4, -0.2) is 23.3 Å². The first kappa shape index (κ1) is 23.5. The first-order valence-corrected chi connectivity index (χ1v) is 12.2. The van der Waals surface area contributed by atoms with E-state index in [9.17, 15) is 0 Å². The minimum atomic E-state index is -0.410. The number of pyridine rings is 1. The van der Waals surface area contributed by atoms with Crippen molar-refractivity contribution in [2.24, 2.45) is 0 Å². The van der Waals surface area contributed by atoms with Crippen LogP contribution < -0.4 is 5.46 Å². The van der Waals surface area contributed by atoms with Gasteiger partial charge in [0.2, 0.25) is 0 Å². The maximum Gasteiger partial charge on any atom is 0.494 e. The number of hydrogen-bond donors (Lipinski definition) is 0. The van der Waals surface area contributed by atoms with Crippen molar-refractivity contribution < 1.29 is 9.31 Å². The first-order valence-electron chi connectivity index (χ1n) is 12.2. The number of benzene rings is 2. The van der Waals surface area contributed by atoms with E-state index >= 15 is 0 Å². The van der Waals surface area contributed by atoms with Crippen molar-refractivity contribution in [1.29, 1.82) is 0 Å². The van der Waals surface area contributed by atoms with Gasteiger partial charge in [-0.3, -0.25) is 4.98 Å². The van der Waals surface area contributed by atoms with Crippen molar-refractivity contribution in [3.05, 3.63) is 121 Å². The van der Waals surface area contributed by atoms with Gasteiger partial charge in [-0.25, -0.2) is 0 Å². The lowest BCUT2D eigenvalue weighted by Crippen LogP contribution is -2.41. The van der Waals surface area contributed by atoms with Crippen molar-refractivity contribution >= 4 is 12.6 Å². The lowest BCUT2D eigenvalue weighted by molar-refractivity contribution is 0.00578. The van der Waals surface area contributed by atoms with Gasteiger partial charge < -0.3 is 9.31 Å². The van der Waals surface area contributed by atoms with Crippen LogP contribution in [0.1, 0.15) is 50.8 Å². The normalized spacial score (nSPS) is 22.0. The van der Waals surface area contributed by atoms with Crippen LogP contribution in [0.2, 0.25) is 0 Å². The molecule has 1 aromatic heterocycles. The van der Waals surface area contributed by atoms with Crippen molar-refractivity contribution in [3.8, 4) is 11.1 Å². The van der Waals surface area contributed by atoms with Crippen LogP contribution in [0.5, 0.6) is 0 Å². The van der Waals surface area contributed by atoms with Gasteiger partial charge in [0.05, 0.1) is 16.6 Å². The Morgan fingerprint density at radius 1 is 0.857 bits per heavy atom. The Hall–Kier alpha value is -3.21. The summed E-state index contributed by atoms with van der Waals surface area (Å²) in [4.78, 5) is 4.52. The molecular formula is C31H32BNO2. The third-order valence-corrected chi connectivity index (χ3v) is 7.78. The third kappa shape index (κ3) is 3.82. The lowest BCUT2D eigenvalue weighted by Gasteiger charge is -2.32. The minimum Gasteiger partial charge on any atom is -0.399 e. The Bertz CT molecular complexity index is 1290. The summed E-state index contributed by atoms with van der Waals surface area (Å²) in [6, 6.07) is 19.6. The molecule has 0 spiro atoms. The molecule has 0 N–H and O–H groups in total. The van der Waals surface area contributed by atoms with Gasteiger partial charge in [-0.15, -0.1) is 0 Å². The van der Waals surface area contributed by atoms with E-state index in [0.717, 1.165) is 11.9 Å². The second-order valence-corrected chi connectivity index (χ2v) is 10.3. The highest BCUT2D eigenvalue weighted by Gasteiger charge is 2.52. The van der Waals surface area contributed by atoms with Gasteiger partial charge in [0.25, 0.3) is 0 Å². The van der Waals surface area contributed by atoms with Crippen LogP contribution in [0.15, 0.2) is 104 Å². The largest absolute Gasteiger partial charge is 0.494 e. The Balaban J connectivity index is 1.69. The number of aromatic nitrogens is 1. The molecule has 5 rings (SSSR count). The molecule has 35 heavy (non-hydrogen) atoms. The Morgan fingerprint density at radius 2 is 1.60 bits per heavy atom. The highest BCUT2D eigenvalue weighted by Crippen LogP contribution is 2.54. The molecule has 1 atom stereocenters. The van der Waals surface area contributed by atoms with Gasteiger partial charge in [0, 0.05) is 12.4 Å². The maximum absolute atomic E-state index is 6.42. The number of nitrogens with zero attached hydrogens (tertiary/aromatic N) is 1. The highest BCUT2D eigenvalue weighted by molar-refractivity contribution is 6.62. The van der Waals surface area contributed by atoms with E-state index in [1.807, 2.05) is 30.6 Å². The molecule has 3 aromatic rings. The molecule has 3 nitrogen and oxygen atoms in total. The summed E-state index contributed by atoms with van der Waals surface area (Å²) in [7, 11) is -0.410. The Kier molecular flexibility index (Phi) is 5.90. The first-order chi connectivity index (χ1) is 16.8. The molecule has 1 unspecified atom stereocenters. The molecule has 0 radical (unpaired) electrons. The molecule has 0 saturated carbocycles. The monoisotopic (exact) mass is 461 g/mol. The molecule has 4 heteroatoms. The molecule has 2 aliphatic rings. The number of allylic oxidation sites excluding steroid dienone is 5. The van der Waals surface area contributed by atoms with Crippen molar-refractivity contribution in [3.63, 3.8) is 0 Å². The quantitative estimate of drug-likeness (QED) is 0.315. The topological polar surface area (TPSA) is 31.4 Å². The van der Waals surface area contributed by atoms with E-state index < -0.39 is 7.12 Å². The van der Waals surface area contributed by atoms with Gasteiger partial charge in [-0.1, -0.05) is 85.5 Å². The highest BCUT2D eigenvalue weighted by atomic mass is 16.7. The summed E-state index contributed by atoms with van der Waals surface area (Å²) < 4.78 is 12.8. The molecule has 0 amide bonds. The van der Waals surface area contributed by atoms with E-state index in [4.69, 9.17) is 9.31 Å². The van der Waals surface area contributed by atoms with Crippen molar-refractivity contribution in [2.45, 2.75) is 50.7 Å². The fraction of sp³-hybridized carbons (Fsp3) is 0.258. The van der Waals surface area contributed by atoms with Crippen LogP contribution >= 0.6 is 0 Å². The molecule has 1 aliphatic carbocycles. The summed E-state index contributed by atoms with van der Waals surface area (Å²) in [6.45, 7) is 12.2. The molecule has 2 heterocycles. The average molecular weight is 461 g/mol. The minimum absolute atomic E-state index is 0.363. The zero-order valence-corrected chi connectivity index (χ0v) is 21.0. The zero-order chi connectivity index (χ0) is 24.7. The van der Waals surface area contributed by atoms with E-state index in [0.29, 0.717) is 0 Å². The molecule has 0 bridgehead atoms. The molecule has 1 fully saturated rings. The van der Waals surface area contributed by atoms with Crippen LogP contribution in [0.3, 0.4) is 0 Å². The number of rotatable bonds is 6. The average Bonchev–Trinajstić information content (AvgIpc) is 3.26. The van der Waals surface area contributed by atoms with Gasteiger partial charge >= 0.3 is 7.12 Å². The lowest BCUT2D eigenvalue weighted by atomic mass is 9.68.